The van der Waals surface area contributed by atoms with E-state index in [2.05, 4.69) is 0 Å². The molecular formula is C12H16CoN2O10. The average molecular weight is 407 g/mol. The fourth-order valence-corrected chi connectivity index (χ4v) is 1.20. The Morgan fingerprint density at radius 2 is 0.920 bits per heavy atom. The maximum absolute atomic E-state index is 10.6. The molecule has 0 spiro atoms. The SMILES string of the molecule is CC(=O)N(CC(=O)[O-])CC(=O)O.CC(=O)N(CC(=O)[O-])CC(=O)O.[Co+2]. The van der Waals surface area contributed by atoms with Gasteiger partial charge in [0, 0.05) is 13.8 Å². The minimum absolute atomic E-state index is 0. The molecule has 0 unspecified atom stereocenters. The van der Waals surface area contributed by atoms with Gasteiger partial charge in [-0.2, -0.15) is 0 Å². The molecule has 2 amide bonds. The zero-order valence-corrected chi connectivity index (χ0v) is 14.3. The maximum atomic E-state index is 10.6. The number of amides is 2. The van der Waals surface area contributed by atoms with Gasteiger partial charge in [0.2, 0.25) is 11.8 Å². The second kappa shape index (κ2) is 13.7. The molecule has 0 aromatic rings. The molecule has 0 saturated heterocycles. The van der Waals surface area contributed by atoms with Gasteiger partial charge in [-0.3, -0.25) is 19.2 Å². The van der Waals surface area contributed by atoms with Crippen molar-refractivity contribution in [1.82, 2.24) is 9.80 Å². The number of carboxylic acids is 4. The Balaban J connectivity index is -0.000000372. The summed E-state index contributed by atoms with van der Waals surface area (Å²) >= 11 is 0. The molecule has 0 aromatic heterocycles. The summed E-state index contributed by atoms with van der Waals surface area (Å²) in [4.78, 5) is 62.7. The monoisotopic (exact) mass is 407 g/mol. The average Bonchev–Trinajstić information content (AvgIpc) is 2.35. The summed E-state index contributed by atoms with van der Waals surface area (Å²) in [5.74, 6) is -6.70. The first kappa shape index (κ1) is 27.2. The smallest absolute Gasteiger partial charge is 0.548 e. The van der Waals surface area contributed by atoms with Crippen LogP contribution in [-0.2, 0) is 45.5 Å². The molecule has 143 valence electrons. The van der Waals surface area contributed by atoms with E-state index in [-0.39, 0.29) is 16.8 Å². The van der Waals surface area contributed by atoms with Gasteiger partial charge in [0.15, 0.2) is 0 Å². The number of carbonyl (C=O) groups is 6. The van der Waals surface area contributed by atoms with E-state index in [4.69, 9.17) is 10.2 Å². The van der Waals surface area contributed by atoms with Gasteiger partial charge < -0.3 is 39.8 Å². The first-order valence-corrected chi connectivity index (χ1v) is 6.21. The largest absolute Gasteiger partial charge is 2.00 e. The third kappa shape index (κ3) is 17.5. The number of hydrogen-bond donors (Lipinski definition) is 2. The standard InChI is InChI=1S/2C6H9NO5.Co/c2*1-4(8)7(2-5(9)10)3-6(11)12;/h2*2-3H2,1H3,(H,9,10)(H,11,12);/q;;+2/p-2. The van der Waals surface area contributed by atoms with E-state index in [1.54, 1.807) is 0 Å². The van der Waals surface area contributed by atoms with Gasteiger partial charge in [-0.05, 0) is 0 Å². The Morgan fingerprint density at radius 1 is 0.680 bits per heavy atom. The number of aliphatic carboxylic acids is 4. The molecule has 1 radical (unpaired) electrons. The van der Waals surface area contributed by atoms with E-state index in [1.807, 2.05) is 0 Å². The van der Waals surface area contributed by atoms with Gasteiger partial charge in [0.25, 0.3) is 0 Å². The number of carboxylic acid groups (broad SMARTS) is 4. The maximum Gasteiger partial charge on any atom is 2.00 e. The zero-order chi connectivity index (χ0) is 19.4. The van der Waals surface area contributed by atoms with Crippen molar-refractivity contribution in [1.29, 1.82) is 0 Å². The Labute approximate surface area is 152 Å². The minimum Gasteiger partial charge on any atom is -0.548 e. The molecule has 0 aliphatic carbocycles. The van der Waals surface area contributed by atoms with Crippen molar-refractivity contribution in [2.45, 2.75) is 13.8 Å². The summed E-state index contributed by atoms with van der Waals surface area (Å²) in [6, 6.07) is 0. The van der Waals surface area contributed by atoms with Gasteiger partial charge in [0.1, 0.15) is 13.1 Å². The van der Waals surface area contributed by atoms with Crippen molar-refractivity contribution in [2.75, 3.05) is 26.2 Å². The second-order valence-corrected chi connectivity index (χ2v) is 4.28. The van der Waals surface area contributed by atoms with Crippen LogP contribution in [0.3, 0.4) is 0 Å². The Kier molecular flexibility index (Phi) is 14.9. The van der Waals surface area contributed by atoms with Gasteiger partial charge in [-0.15, -0.1) is 0 Å². The zero-order valence-electron chi connectivity index (χ0n) is 13.2. The van der Waals surface area contributed by atoms with Crippen LogP contribution in [0.15, 0.2) is 0 Å². The van der Waals surface area contributed by atoms with Crippen LogP contribution in [0.5, 0.6) is 0 Å². The van der Waals surface area contributed by atoms with Crippen molar-refractivity contribution >= 4 is 35.7 Å². The fourth-order valence-electron chi connectivity index (χ4n) is 1.20. The summed E-state index contributed by atoms with van der Waals surface area (Å²) in [6.45, 7) is -0.451. The predicted molar refractivity (Wildman–Crippen MR) is 69.8 cm³/mol. The van der Waals surface area contributed by atoms with Crippen LogP contribution in [0.4, 0.5) is 0 Å². The van der Waals surface area contributed by atoms with Crippen molar-refractivity contribution in [3.8, 4) is 0 Å². The molecule has 0 atom stereocenters. The molecule has 0 saturated carbocycles. The minimum atomic E-state index is -1.48. The van der Waals surface area contributed by atoms with Gasteiger partial charge in [-0.25, -0.2) is 0 Å². The molecule has 25 heavy (non-hydrogen) atoms. The molecule has 0 aliphatic rings. The van der Waals surface area contributed by atoms with Crippen molar-refractivity contribution < 1.29 is 66.0 Å². The molecule has 0 aromatic carbocycles. The molecular weight excluding hydrogens is 391 g/mol. The molecule has 0 rings (SSSR count). The van der Waals surface area contributed by atoms with Crippen molar-refractivity contribution in [2.24, 2.45) is 0 Å². The Bertz CT molecular complexity index is 444. The molecule has 2 N–H and O–H groups in total. The molecule has 0 heterocycles. The second-order valence-electron chi connectivity index (χ2n) is 4.28. The van der Waals surface area contributed by atoms with E-state index in [1.165, 1.54) is 0 Å². The molecule has 0 bridgehead atoms. The van der Waals surface area contributed by atoms with E-state index >= 15 is 0 Å². The molecule has 12 nitrogen and oxygen atoms in total. The molecule has 13 heteroatoms. The fraction of sp³-hybridized carbons (Fsp3) is 0.500. The Hall–Kier alpha value is -2.67. The van der Waals surface area contributed by atoms with E-state index < -0.39 is 61.9 Å². The predicted octanol–water partition coefficient (Wildman–Crippen LogP) is -4.66. The number of nitrogens with zero attached hydrogens (tertiary/aromatic N) is 2. The summed E-state index contributed by atoms with van der Waals surface area (Å²) < 4.78 is 0. The molecule has 0 aliphatic heterocycles. The van der Waals surface area contributed by atoms with Crippen molar-refractivity contribution in [3.63, 3.8) is 0 Å². The van der Waals surface area contributed by atoms with E-state index in [9.17, 15) is 39.0 Å². The third-order valence-electron chi connectivity index (χ3n) is 2.18. The quantitative estimate of drug-likeness (QED) is 0.395. The summed E-state index contributed by atoms with van der Waals surface area (Å²) in [6.07, 6.45) is 0. The summed E-state index contributed by atoms with van der Waals surface area (Å²) in [5.41, 5.74) is 0. The van der Waals surface area contributed by atoms with Crippen LogP contribution in [-0.4, -0.2) is 81.9 Å². The van der Waals surface area contributed by atoms with E-state index in [0.717, 1.165) is 13.8 Å². The summed E-state index contributed by atoms with van der Waals surface area (Å²) in [7, 11) is 0. The summed E-state index contributed by atoms with van der Waals surface area (Å²) in [5, 5.41) is 36.5. The van der Waals surface area contributed by atoms with E-state index in [0.29, 0.717) is 9.80 Å². The van der Waals surface area contributed by atoms with Crippen LogP contribution >= 0.6 is 0 Å². The number of hydrogen-bond acceptors (Lipinski definition) is 8. The van der Waals surface area contributed by atoms with Crippen LogP contribution in [0.25, 0.3) is 0 Å². The van der Waals surface area contributed by atoms with Gasteiger partial charge in [0.05, 0.1) is 25.0 Å². The topological polar surface area (TPSA) is 195 Å². The third-order valence-corrected chi connectivity index (χ3v) is 2.18. The number of rotatable bonds is 8. The first-order chi connectivity index (χ1) is 10.9. The Morgan fingerprint density at radius 3 is 1.04 bits per heavy atom. The van der Waals surface area contributed by atoms with Crippen molar-refractivity contribution in [3.05, 3.63) is 0 Å². The van der Waals surface area contributed by atoms with Crippen LogP contribution in [0, 0.1) is 0 Å². The van der Waals surface area contributed by atoms with Crippen LogP contribution in [0.1, 0.15) is 13.8 Å². The molecule has 0 fully saturated rings. The van der Waals surface area contributed by atoms with Gasteiger partial charge in [-0.1, -0.05) is 0 Å². The normalized spacial score (nSPS) is 8.72. The first-order valence-electron chi connectivity index (χ1n) is 6.21. The van der Waals surface area contributed by atoms with Crippen LogP contribution in [0.2, 0.25) is 0 Å². The van der Waals surface area contributed by atoms with Crippen LogP contribution < -0.4 is 10.2 Å². The van der Waals surface area contributed by atoms with Gasteiger partial charge >= 0.3 is 28.7 Å². The number of carbonyl (C=O) groups excluding carboxylic acids is 4.